The molecule has 1 N–H and O–H groups in total. The molecule has 0 aromatic carbocycles. The van der Waals surface area contributed by atoms with Crippen molar-refractivity contribution in [2.75, 3.05) is 26.3 Å². The van der Waals surface area contributed by atoms with Gasteiger partial charge in [-0.1, -0.05) is 0 Å². The van der Waals surface area contributed by atoms with Gasteiger partial charge in [0.25, 0.3) is 0 Å². The molecular weight excluding hydrogens is 182 g/mol. The van der Waals surface area contributed by atoms with E-state index in [1.807, 2.05) is 4.90 Å². The Labute approximate surface area is 84.8 Å². The zero-order valence-electron chi connectivity index (χ0n) is 8.74. The first-order valence-electron chi connectivity index (χ1n) is 5.23. The summed E-state index contributed by atoms with van der Waals surface area (Å²) in [6.45, 7) is 4.49. The number of carbonyl (C=O) groups excluding carboxylic acids is 1. The van der Waals surface area contributed by atoms with E-state index >= 15 is 0 Å². The van der Waals surface area contributed by atoms with E-state index in [1.54, 1.807) is 6.92 Å². The van der Waals surface area contributed by atoms with Gasteiger partial charge in [0.05, 0.1) is 19.3 Å². The first kappa shape index (κ1) is 11.5. The second kappa shape index (κ2) is 5.98. The number of amides is 1. The Balaban J connectivity index is 2.13. The average molecular weight is 201 g/mol. The molecule has 1 atom stereocenters. The minimum absolute atomic E-state index is 0.189. The molecule has 0 aromatic rings. The van der Waals surface area contributed by atoms with Gasteiger partial charge in [0.2, 0.25) is 5.91 Å². The van der Waals surface area contributed by atoms with E-state index in [0.717, 1.165) is 6.42 Å². The predicted molar refractivity (Wildman–Crippen MR) is 52.9 cm³/mol. The van der Waals surface area contributed by atoms with Gasteiger partial charge in [-0.05, 0) is 19.8 Å². The van der Waals surface area contributed by atoms with Crippen LogP contribution in [-0.4, -0.2) is 48.3 Å². The summed E-state index contributed by atoms with van der Waals surface area (Å²) in [7, 11) is 0. The Morgan fingerprint density at radius 2 is 2.14 bits per heavy atom. The van der Waals surface area contributed by atoms with Crippen LogP contribution in [-0.2, 0) is 9.53 Å². The Kier molecular flexibility index (Phi) is 4.90. The molecule has 1 fully saturated rings. The lowest BCUT2D eigenvalue weighted by atomic mass is 10.1. The molecule has 1 aliphatic rings. The number of aliphatic hydroxyl groups is 1. The third-order valence-corrected chi connectivity index (χ3v) is 2.38. The molecule has 4 nitrogen and oxygen atoms in total. The lowest BCUT2D eigenvalue weighted by Crippen LogP contribution is -2.40. The van der Waals surface area contributed by atoms with E-state index in [2.05, 4.69) is 0 Å². The summed E-state index contributed by atoms with van der Waals surface area (Å²) in [5.74, 6) is 0.189. The van der Waals surface area contributed by atoms with Crippen molar-refractivity contribution in [3.63, 3.8) is 0 Å². The van der Waals surface area contributed by atoms with Crippen molar-refractivity contribution in [1.29, 1.82) is 0 Å². The molecule has 0 bridgehead atoms. The molecule has 0 unspecified atom stereocenters. The minimum atomic E-state index is -0.299. The highest BCUT2D eigenvalue weighted by atomic mass is 16.5. The molecule has 1 rings (SSSR count). The predicted octanol–water partition coefficient (Wildman–Crippen LogP) is 0.396. The maximum absolute atomic E-state index is 11.6. The Morgan fingerprint density at radius 1 is 1.50 bits per heavy atom. The summed E-state index contributed by atoms with van der Waals surface area (Å²) in [5, 5.41) is 9.03. The first-order valence-corrected chi connectivity index (χ1v) is 5.23. The van der Waals surface area contributed by atoms with Crippen LogP contribution in [0.15, 0.2) is 0 Å². The molecule has 1 aliphatic heterocycles. The zero-order chi connectivity index (χ0) is 10.4. The van der Waals surface area contributed by atoms with Crippen LogP contribution >= 0.6 is 0 Å². The maximum atomic E-state index is 11.6. The fourth-order valence-corrected chi connectivity index (χ4v) is 1.52. The number of nitrogens with zero attached hydrogens (tertiary/aromatic N) is 1. The lowest BCUT2D eigenvalue weighted by Gasteiger charge is -2.26. The molecular formula is C10H19NO3. The lowest BCUT2D eigenvalue weighted by molar-refractivity contribution is -0.135. The quantitative estimate of drug-likeness (QED) is 0.716. The largest absolute Gasteiger partial charge is 0.393 e. The minimum Gasteiger partial charge on any atom is -0.393 e. The Bertz CT molecular complexity index is 176. The fraction of sp³-hybridized carbons (Fsp3) is 0.900. The van der Waals surface area contributed by atoms with Gasteiger partial charge in [-0.25, -0.2) is 0 Å². The van der Waals surface area contributed by atoms with Gasteiger partial charge >= 0.3 is 0 Å². The first-order chi connectivity index (χ1) is 6.70. The smallest absolute Gasteiger partial charge is 0.222 e. The van der Waals surface area contributed by atoms with Crippen molar-refractivity contribution in [2.24, 2.45) is 0 Å². The van der Waals surface area contributed by atoms with E-state index < -0.39 is 0 Å². The van der Waals surface area contributed by atoms with Crippen molar-refractivity contribution < 1.29 is 14.6 Å². The topological polar surface area (TPSA) is 49.8 Å². The van der Waals surface area contributed by atoms with Crippen molar-refractivity contribution in [1.82, 2.24) is 4.90 Å². The van der Waals surface area contributed by atoms with Gasteiger partial charge in [0, 0.05) is 19.5 Å². The molecule has 0 aromatic heterocycles. The zero-order valence-corrected chi connectivity index (χ0v) is 8.74. The summed E-state index contributed by atoms with van der Waals surface area (Å²) in [6.07, 6.45) is 1.72. The monoisotopic (exact) mass is 201 g/mol. The number of hydrogen-bond acceptors (Lipinski definition) is 3. The van der Waals surface area contributed by atoms with Crippen LogP contribution < -0.4 is 0 Å². The molecule has 0 radical (unpaired) electrons. The molecule has 1 heterocycles. The third-order valence-electron chi connectivity index (χ3n) is 2.38. The van der Waals surface area contributed by atoms with Crippen molar-refractivity contribution >= 4 is 5.91 Å². The van der Waals surface area contributed by atoms with Gasteiger partial charge in [0.15, 0.2) is 0 Å². The highest BCUT2D eigenvalue weighted by Gasteiger charge is 2.15. The van der Waals surface area contributed by atoms with Gasteiger partial charge in [-0.3, -0.25) is 4.79 Å². The second-order valence-corrected chi connectivity index (χ2v) is 3.73. The highest BCUT2D eigenvalue weighted by Crippen LogP contribution is 2.05. The second-order valence-electron chi connectivity index (χ2n) is 3.73. The SMILES string of the molecule is C[C@H](O)CCCC(=O)N1CCOCC1. The number of rotatable bonds is 4. The van der Waals surface area contributed by atoms with E-state index in [0.29, 0.717) is 39.1 Å². The van der Waals surface area contributed by atoms with Crippen LogP contribution in [0.1, 0.15) is 26.2 Å². The number of morpholine rings is 1. The van der Waals surface area contributed by atoms with Gasteiger partial charge in [0.1, 0.15) is 0 Å². The average Bonchev–Trinajstić information content (AvgIpc) is 2.18. The van der Waals surface area contributed by atoms with Crippen LogP contribution in [0.2, 0.25) is 0 Å². The van der Waals surface area contributed by atoms with Crippen LogP contribution in [0, 0.1) is 0 Å². The molecule has 0 aliphatic carbocycles. The fourth-order valence-electron chi connectivity index (χ4n) is 1.52. The molecule has 1 saturated heterocycles. The highest BCUT2D eigenvalue weighted by molar-refractivity contribution is 5.76. The summed E-state index contributed by atoms with van der Waals surface area (Å²) >= 11 is 0. The molecule has 1 amide bonds. The standard InChI is InChI=1S/C10H19NO3/c1-9(12)3-2-4-10(13)11-5-7-14-8-6-11/h9,12H,2-8H2,1H3/t9-/m0/s1. The summed E-state index contributed by atoms with van der Waals surface area (Å²) in [4.78, 5) is 13.4. The van der Waals surface area contributed by atoms with Crippen LogP contribution in [0.5, 0.6) is 0 Å². The molecule has 82 valence electrons. The van der Waals surface area contributed by atoms with Crippen LogP contribution in [0.4, 0.5) is 0 Å². The number of ether oxygens (including phenoxy) is 1. The Morgan fingerprint density at radius 3 is 2.71 bits per heavy atom. The van der Waals surface area contributed by atoms with Crippen LogP contribution in [0.25, 0.3) is 0 Å². The molecule has 0 saturated carbocycles. The Hall–Kier alpha value is -0.610. The van der Waals surface area contributed by atoms with Crippen molar-refractivity contribution in [2.45, 2.75) is 32.3 Å². The summed E-state index contributed by atoms with van der Waals surface area (Å²) in [6, 6.07) is 0. The van der Waals surface area contributed by atoms with E-state index in [-0.39, 0.29) is 12.0 Å². The van der Waals surface area contributed by atoms with Gasteiger partial charge < -0.3 is 14.7 Å². The van der Waals surface area contributed by atoms with Crippen molar-refractivity contribution in [3.8, 4) is 0 Å². The number of aliphatic hydroxyl groups excluding tert-OH is 1. The van der Waals surface area contributed by atoms with Crippen LogP contribution in [0.3, 0.4) is 0 Å². The normalized spacial score (nSPS) is 19.4. The third kappa shape index (κ3) is 4.07. The molecule has 14 heavy (non-hydrogen) atoms. The molecule has 0 spiro atoms. The maximum Gasteiger partial charge on any atom is 0.222 e. The number of hydrogen-bond donors (Lipinski definition) is 1. The van der Waals surface area contributed by atoms with Crippen molar-refractivity contribution in [3.05, 3.63) is 0 Å². The van der Waals surface area contributed by atoms with Gasteiger partial charge in [-0.2, -0.15) is 0 Å². The van der Waals surface area contributed by atoms with E-state index in [4.69, 9.17) is 9.84 Å². The van der Waals surface area contributed by atoms with Gasteiger partial charge in [-0.15, -0.1) is 0 Å². The molecule has 4 heteroatoms. The number of carbonyl (C=O) groups is 1. The van der Waals surface area contributed by atoms with E-state index in [9.17, 15) is 4.79 Å². The summed E-state index contributed by atoms with van der Waals surface area (Å²) < 4.78 is 5.16. The summed E-state index contributed by atoms with van der Waals surface area (Å²) in [5.41, 5.74) is 0. The van der Waals surface area contributed by atoms with E-state index in [1.165, 1.54) is 0 Å².